The molecule has 1 aromatic heterocycles. The van der Waals surface area contributed by atoms with Crippen molar-refractivity contribution in [3.8, 4) is 17.0 Å². The Hall–Kier alpha value is -3.32. The zero-order chi connectivity index (χ0) is 22.5. The first-order chi connectivity index (χ1) is 15.5. The Balaban J connectivity index is 1.45. The predicted octanol–water partition coefficient (Wildman–Crippen LogP) is 4.32. The number of nitrogens with two attached hydrogens (primary N) is 1. The van der Waals surface area contributed by atoms with Gasteiger partial charge in [-0.3, -0.25) is 4.90 Å². The molecule has 2 aromatic carbocycles. The molecule has 7 nitrogen and oxygen atoms in total. The number of aromatic nitrogens is 2. The molecule has 1 aliphatic heterocycles. The summed E-state index contributed by atoms with van der Waals surface area (Å²) < 4.78 is 5.89. The highest BCUT2D eigenvalue weighted by Gasteiger charge is 2.13. The lowest BCUT2D eigenvalue weighted by atomic mass is 10.1. The summed E-state index contributed by atoms with van der Waals surface area (Å²) in [6.45, 7) is 6.01. The second-order valence-corrected chi connectivity index (χ2v) is 8.40. The molecule has 0 saturated carbocycles. The van der Waals surface area contributed by atoms with Crippen LogP contribution in [0.3, 0.4) is 0 Å². The van der Waals surface area contributed by atoms with E-state index in [4.69, 9.17) is 15.5 Å². The fraction of sp³-hybridized carbons (Fsp3) is 0.360. The van der Waals surface area contributed by atoms with Gasteiger partial charge in [-0.1, -0.05) is 12.1 Å². The molecule has 168 valence electrons. The van der Waals surface area contributed by atoms with Crippen LogP contribution in [0.5, 0.6) is 5.75 Å². The smallest absolute Gasteiger partial charge is 0.229 e. The van der Waals surface area contributed by atoms with Gasteiger partial charge >= 0.3 is 0 Å². The van der Waals surface area contributed by atoms with E-state index in [1.54, 1.807) is 0 Å². The number of benzene rings is 2. The largest absolute Gasteiger partial charge is 0.492 e. The molecule has 2 heterocycles. The van der Waals surface area contributed by atoms with Gasteiger partial charge in [0.15, 0.2) is 0 Å². The molecule has 1 saturated heterocycles. The number of nitrogen functional groups attached to an aromatic ring is 1. The first kappa shape index (κ1) is 21.9. The molecule has 4 rings (SSSR count). The van der Waals surface area contributed by atoms with Crippen LogP contribution in [0.25, 0.3) is 11.3 Å². The minimum Gasteiger partial charge on any atom is -0.492 e. The summed E-state index contributed by atoms with van der Waals surface area (Å²) in [6, 6.07) is 16.1. The molecule has 0 unspecified atom stereocenters. The standard InChI is InChI=1S/C25H32N6O/c1-18-23(19-7-6-8-21(17-19)30(2)3)28-25(29-24(18)26)27-20-9-11-22(12-10-20)32-16-15-31-13-4-5-14-31/h6-12,17H,4-5,13-16H2,1-3H3,(H3,26,27,28,29). The number of hydrogen-bond donors (Lipinski definition) is 2. The van der Waals surface area contributed by atoms with Crippen LogP contribution < -0.4 is 20.7 Å². The van der Waals surface area contributed by atoms with Gasteiger partial charge in [-0.15, -0.1) is 0 Å². The Morgan fingerprint density at radius 1 is 1.06 bits per heavy atom. The number of likely N-dealkylation sites (tertiary alicyclic amines) is 1. The van der Waals surface area contributed by atoms with Gasteiger partial charge in [-0.25, -0.2) is 4.98 Å². The molecule has 1 fully saturated rings. The first-order valence-corrected chi connectivity index (χ1v) is 11.1. The highest BCUT2D eigenvalue weighted by Crippen LogP contribution is 2.29. The summed E-state index contributed by atoms with van der Waals surface area (Å²) in [5.74, 6) is 1.80. The highest BCUT2D eigenvalue weighted by atomic mass is 16.5. The third-order valence-corrected chi connectivity index (χ3v) is 5.80. The number of nitrogens with zero attached hydrogens (tertiary/aromatic N) is 4. The average molecular weight is 433 g/mol. The summed E-state index contributed by atoms with van der Waals surface area (Å²) in [5, 5.41) is 3.27. The van der Waals surface area contributed by atoms with Crippen molar-refractivity contribution in [3.63, 3.8) is 0 Å². The van der Waals surface area contributed by atoms with Crippen molar-refractivity contribution in [2.45, 2.75) is 19.8 Å². The minimum atomic E-state index is 0.467. The fourth-order valence-corrected chi connectivity index (χ4v) is 3.86. The Morgan fingerprint density at radius 3 is 2.53 bits per heavy atom. The van der Waals surface area contributed by atoms with E-state index < -0.39 is 0 Å². The fourth-order valence-electron chi connectivity index (χ4n) is 3.86. The van der Waals surface area contributed by atoms with Crippen LogP contribution in [0.15, 0.2) is 48.5 Å². The molecule has 3 N–H and O–H groups in total. The van der Waals surface area contributed by atoms with E-state index in [0.717, 1.165) is 40.5 Å². The number of nitrogens with one attached hydrogen (secondary N) is 1. The van der Waals surface area contributed by atoms with Crippen LogP contribution in [0.4, 0.5) is 23.1 Å². The topological polar surface area (TPSA) is 79.5 Å². The predicted molar refractivity (Wildman–Crippen MR) is 132 cm³/mol. The lowest BCUT2D eigenvalue weighted by molar-refractivity contribution is 0.238. The van der Waals surface area contributed by atoms with E-state index in [0.29, 0.717) is 18.4 Å². The maximum atomic E-state index is 6.22. The molecule has 1 aliphatic rings. The normalized spacial score (nSPS) is 13.8. The van der Waals surface area contributed by atoms with Gasteiger partial charge in [-0.05, 0) is 69.3 Å². The van der Waals surface area contributed by atoms with Crippen molar-refractivity contribution >= 4 is 23.1 Å². The Bertz CT molecular complexity index is 1040. The van der Waals surface area contributed by atoms with Crippen LogP contribution in [0, 0.1) is 6.92 Å². The molecule has 7 heteroatoms. The van der Waals surface area contributed by atoms with Gasteiger partial charge < -0.3 is 20.7 Å². The highest BCUT2D eigenvalue weighted by molar-refractivity contribution is 5.73. The van der Waals surface area contributed by atoms with Gasteiger partial charge in [0.2, 0.25) is 5.95 Å². The van der Waals surface area contributed by atoms with Crippen LogP contribution in [0.2, 0.25) is 0 Å². The van der Waals surface area contributed by atoms with Crippen LogP contribution in [-0.4, -0.2) is 55.2 Å². The Labute approximate surface area is 190 Å². The van der Waals surface area contributed by atoms with E-state index in [1.807, 2.05) is 57.4 Å². The molecule has 3 aromatic rings. The first-order valence-electron chi connectivity index (χ1n) is 11.1. The summed E-state index contributed by atoms with van der Waals surface area (Å²) in [4.78, 5) is 13.7. The van der Waals surface area contributed by atoms with Crippen LogP contribution in [-0.2, 0) is 0 Å². The van der Waals surface area contributed by atoms with E-state index in [-0.39, 0.29) is 0 Å². The van der Waals surface area contributed by atoms with Crippen molar-refractivity contribution in [2.75, 3.05) is 56.3 Å². The van der Waals surface area contributed by atoms with E-state index in [2.05, 4.69) is 32.2 Å². The Morgan fingerprint density at radius 2 is 1.81 bits per heavy atom. The van der Waals surface area contributed by atoms with Gasteiger partial charge in [0.25, 0.3) is 0 Å². The second-order valence-electron chi connectivity index (χ2n) is 8.40. The number of hydrogen-bond acceptors (Lipinski definition) is 7. The van der Waals surface area contributed by atoms with Crippen molar-refractivity contribution in [1.82, 2.24) is 14.9 Å². The third-order valence-electron chi connectivity index (χ3n) is 5.80. The third kappa shape index (κ3) is 5.29. The molecule has 0 spiro atoms. The quantitative estimate of drug-likeness (QED) is 0.549. The van der Waals surface area contributed by atoms with E-state index in [9.17, 15) is 0 Å². The van der Waals surface area contributed by atoms with Crippen molar-refractivity contribution in [3.05, 3.63) is 54.1 Å². The van der Waals surface area contributed by atoms with E-state index >= 15 is 0 Å². The minimum absolute atomic E-state index is 0.467. The lowest BCUT2D eigenvalue weighted by Gasteiger charge is -2.16. The summed E-state index contributed by atoms with van der Waals surface area (Å²) in [6.07, 6.45) is 2.60. The van der Waals surface area contributed by atoms with Crippen molar-refractivity contribution in [2.24, 2.45) is 0 Å². The molecule has 0 radical (unpaired) electrons. The lowest BCUT2D eigenvalue weighted by Crippen LogP contribution is -2.25. The number of anilines is 4. The summed E-state index contributed by atoms with van der Waals surface area (Å²) in [5.41, 5.74) is 10.9. The van der Waals surface area contributed by atoms with Crippen molar-refractivity contribution in [1.29, 1.82) is 0 Å². The zero-order valence-electron chi connectivity index (χ0n) is 19.1. The Kier molecular flexibility index (Phi) is 6.75. The van der Waals surface area contributed by atoms with Gasteiger partial charge in [0, 0.05) is 43.1 Å². The zero-order valence-corrected chi connectivity index (χ0v) is 19.1. The molecule has 0 bridgehead atoms. The molecular weight excluding hydrogens is 400 g/mol. The number of rotatable bonds is 8. The molecular formula is C25H32N6O. The monoisotopic (exact) mass is 432 g/mol. The molecule has 32 heavy (non-hydrogen) atoms. The second kappa shape index (κ2) is 9.87. The number of ether oxygens (including phenoxy) is 1. The molecule has 0 atom stereocenters. The van der Waals surface area contributed by atoms with Gasteiger partial charge in [-0.2, -0.15) is 4.98 Å². The maximum Gasteiger partial charge on any atom is 0.229 e. The van der Waals surface area contributed by atoms with Gasteiger partial charge in [0.1, 0.15) is 18.2 Å². The maximum absolute atomic E-state index is 6.22. The average Bonchev–Trinajstić information content (AvgIpc) is 3.31. The van der Waals surface area contributed by atoms with Crippen molar-refractivity contribution < 1.29 is 4.74 Å². The molecule has 0 amide bonds. The van der Waals surface area contributed by atoms with Gasteiger partial charge in [0.05, 0.1) is 5.69 Å². The summed E-state index contributed by atoms with van der Waals surface area (Å²) in [7, 11) is 4.04. The summed E-state index contributed by atoms with van der Waals surface area (Å²) >= 11 is 0. The van der Waals surface area contributed by atoms with Crippen LogP contribution >= 0.6 is 0 Å². The van der Waals surface area contributed by atoms with Crippen LogP contribution in [0.1, 0.15) is 18.4 Å². The van der Waals surface area contributed by atoms with E-state index in [1.165, 1.54) is 25.9 Å². The molecule has 0 aliphatic carbocycles. The SMILES string of the molecule is Cc1c(N)nc(Nc2ccc(OCCN3CCCC3)cc2)nc1-c1cccc(N(C)C)c1.